The number of rotatable bonds is 7. The lowest BCUT2D eigenvalue weighted by atomic mass is 9.82. The molecule has 4 rings (SSSR count). The zero-order chi connectivity index (χ0) is 21.1. The number of likely N-dealkylation sites (tertiary alicyclic amines) is 1. The van der Waals surface area contributed by atoms with Crippen LogP contribution in [0.4, 0.5) is 0 Å². The number of nitrogens with zero attached hydrogens (tertiary/aromatic N) is 4. The highest BCUT2D eigenvalue weighted by Gasteiger charge is 2.33. The van der Waals surface area contributed by atoms with Gasteiger partial charge in [-0.15, -0.1) is 0 Å². The van der Waals surface area contributed by atoms with Crippen LogP contribution in [0.15, 0.2) is 30.6 Å². The summed E-state index contributed by atoms with van der Waals surface area (Å²) in [4.78, 5) is 25.0. The molecule has 0 atom stereocenters. The predicted octanol–water partition coefficient (Wildman–Crippen LogP) is 3.96. The second-order valence-electron chi connectivity index (χ2n) is 8.52. The monoisotopic (exact) mass is 428 g/mol. The molecule has 1 aliphatic carbocycles. The first-order chi connectivity index (χ1) is 14.5. The average Bonchev–Trinajstić information content (AvgIpc) is 3.22. The number of halogens is 1. The Hall–Kier alpha value is -2.18. The molecule has 1 amide bonds. The van der Waals surface area contributed by atoms with Crippen LogP contribution in [0.2, 0.25) is 5.02 Å². The highest BCUT2D eigenvalue weighted by molar-refractivity contribution is 6.32. The van der Waals surface area contributed by atoms with Crippen LogP contribution in [0.3, 0.4) is 0 Å². The Labute approximate surface area is 183 Å². The molecule has 1 aliphatic heterocycles. The van der Waals surface area contributed by atoms with Gasteiger partial charge < -0.3 is 9.64 Å². The maximum atomic E-state index is 12.5. The van der Waals surface area contributed by atoms with Crippen molar-refractivity contribution >= 4 is 17.5 Å². The first-order valence-electron chi connectivity index (χ1n) is 10.7. The molecule has 7 heteroatoms. The van der Waals surface area contributed by atoms with Gasteiger partial charge in [-0.3, -0.25) is 14.7 Å². The van der Waals surface area contributed by atoms with Crippen molar-refractivity contribution in [3.8, 4) is 5.75 Å². The number of hydrogen-bond acceptors (Lipinski definition) is 5. The van der Waals surface area contributed by atoms with E-state index in [1.807, 2.05) is 26.1 Å². The first-order valence-corrected chi connectivity index (χ1v) is 11.1. The summed E-state index contributed by atoms with van der Waals surface area (Å²) in [5.74, 6) is 1.11. The summed E-state index contributed by atoms with van der Waals surface area (Å²) in [6.45, 7) is 5.72. The summed E-state index contributed by atoms with van der Waals surface area (Å²) in [5.41, 5.74) is 2.32. The third kappa shape index (κ3) is 4.93. The molecule has 0 unspecified atom stereocenters. The van der Waals surface area contributed by atoms with Crippen molar-refractivity contribution in [3.63, 3.8) is 0 Å². The fourth-order valence-electron chi connectivity index (χ4n) is 4.22. The van der Waals surface area contributed by atoms with Gasteiger partial charge in [0, 0.05) is 26.3 Å². The molecule has 30 heavy (non-hydrogen) atoms. The fourth-order valence-corrected chi connectivity index (χ4v) is 4.45. The lowest BCUT2D eigenvalue weighted by Crippen LogP contribution is -2.42. The largest absolute Gasteiger partial charge is 0.489 e. The minimum absolute atomic E-state index is 0.0930. The number of carbonyl (C=O) groups excluding carboxylic acids is 1. The van der Waals surface area contributed by atoms with E-state index in [0.29, 0.717) is 18.2 Å². The molecule has 0 N–H and O–H groups in total. The van der Waals surface area contributed by atoms with Crippen molar-refractivity contribution in [2.75, 3.05) is 26.7 Å². The van der Waals surface area contributed by atoms with Crippen LogP contribution in [-0.4, -0.2) is 58.5 Å². The van der Waals surface area contributed by atoms with E-state index >= 15 is 0 Å². The van der Waals surface area contributed by atoms with E-state index in [4.69, 9.17) is 16.3 Å². The molecule has 0 bridgehead atoms. The summed E-state index contributed by atoms with van der Waals surface area (Å²) in [7, 11) is 1.82. The van der Waals surface area contributed by atoms with E-state index in [-0.39, 0.29) is 12.0 Å². The van der Waals surface area contributed by atoms with Crippen molar-refractivity contribution in [3.05, 3.63) is 52.6 Å². The number of ether oxygens (including phenoxy) is 1. The Kier molecular flexibility index (Phi) is 6.54. The van der Waals surface area contributed by atoms with E-state index in [2.05, 4.69) is 20.9 Å². The Morgan fingerprint density at radius 1 is 1.23 bits per heavy atom. The second-order valence-corrected chi connectivity index (χ2v) is 8.90. The maximum Gasteiger partial charge on any atom is 0.273 e. The van der Waals surface area contributed by atoms with Crippen LogP contribution in [0.1, 0.15) is 47.4 Å². The van der Waals surface area contributed by atoms with Crippen LogP contribution in [-0.2, 0) is 6.54 Å². The molecular weight excluding hydrogens is 400 g/mol. The number of amides is 1. The lowest BCUT2D eigenvalue weighted by molar-refractivity contribution is 0.0416. The van der Waals surface area contributed by atoms with Gasteiger partial charge in [-0.05, 0) is 63.2 Å². The Morgan fingerprint density at radius 3 is 2.70 bits per heavy atom. The smallest absolute Gasteiger partial charge is 0.273 e. The third-order valence-corrected chi connectivity index (χ3v) is 6.43. The average molecular weight is 429 g/mol. The first kappa shape index (κ1) is 21.1. The van der Waals surface area contributed by atoms with Crippen LogP contribution >= 0.6 is 11.6 Å². The molecule has 1 saturated heterocycles. The Bertz CT molecular complexity index is 877. The number of aryl methyl sites for hydroxylation is 1. The fraction of sp³-hybridized carbons (Fsp3) is 0.522. The number of benzene rings is 1. The molecule has 2 heterocycles. The summed E-state index contributed by atoms with van der Waals surface area (Å²) >= 11 is 6.64. The lowest BCUT2D eigenvalue weighted by Gasteiger charge is -2.37. The molecule has 0 spiro atoms. The quantitative estimate of drug-likeness (QED) is 0.668. The van der Waals surface area contributed by atoms with Crippen molar-refractivity contribution in [1.29, 1.82) is 0 Å². The van der Waals surface area contributed by atoms with Gasteiger partial charge >= 0.3 is 0 Å². The topological polar surface area (TPSA) is 58.6 Å². The number of carbonyl (C=O) groups is 1. The minimum Gasteiger partial charge on any atom is -0.489 e. The van der Waals surface area contributed by atoms with E-state index in [1.165, 1.54) is 19.0 Å². The number of hydrogen-bond donors (Lipinski definition) is 0. The van der Waals surface area contributed by atoms with Crippen LogP contribution in [0, 0.1) is 12.8 Å². The van der Waals surface area contributed by atoms with Crippen LogP contribution in [0.5, 0.6) is 5.75 Å². The molecule has 160 valence electrons. The predicted molar refractivity (Wildman–Crippen MR) is 117 cm³/mol. The van der Waals surface area contributed by atoms with Gasteiger partial charge in [-0.2, -0.15) is 0 Å². The van der Waals surface area contributed by atoms with E-state index < -0.39 is 0 Å². The van der Waals surface area contributed by atoms with Gasteiger partial charge in [-0.1, -0.05) is 23.7 Å². The van der Waals surface area contributed by atoms with Gasteiger partial charge in [0.05, 0.1) is 23.0 Å². The normalized spacial score (nSPS) is 21.3. The molecule has 1 saturated carbocycles. The molecule has 6 nitrogen and oxygen atoms in total. The van der Waals surface area contributed by atoms with Gasteiger partial charge in [0.15, 0.2) is 0 Å². The SMILES string of the molecule is Cc1cnc(C(=O)N(C)CC2CC(Oc3cccc(CN4CCCC4)c3Cl)C2)cn1. The summed E-state index contributed by atoms with van der Waals surface area (Å²) in [5, 5.41) is 0.734. The summed E-state index contributed by atoms with van der Waals surface area (Å²) in [6.07, 6.45) is 7.69. The highest BCUT2D eigenvalue weighted by atomic mass is 35.5. The molecule has 2 fully saturated rings. The standard InChI is InChI=1S/C23H29ClN4O2/c1-16-12-26-20(13-25-16)23(29)27(2)14-17-10-19(11-17)30-21-7-5-6-18(22(21)24)15-28-8-3-4-9-28/h5-7,12-13,17,19H,3-4,8-11,14-15H2,1-2H3. The highest BCUT2D eigenvalue weighted by Crippen LogP contribution is 2.36. The van der Waals surface area contributed by atoms with Crippen molar-refractivity contribution in [2.45, 2.75) is 45.3 Å². The third-order valence-electron chi connectivity index (χ3n) is 6.00. The number of aromatic nitrogens is 2. The summed E-state index contributed by atoms with van der Waals surface area (Å²) < 4.78 is 6.18. The molecule has 2 aliphatic rings. The van der Waals surface area contributed by atoms with Crippen LogP contribution in [0.25, 0.3) is 0 Å². The van der Waals surface area contributed by atoms with Crippen LogP contribution < -0.4 is 4.74 Å². The van der Waals surface area contributed by atoms with Gasteiger partial charge in [0.25, 0.3) is 5.91 Å². The molecule has 1 aromatic carbocycles. The van der Waals surface area contributed by atoms with Gasteiger partial charge in [-0.25, -0.2) is 4.98 Å². The van der Waals surface area contributed by atoms with Gasteiger partial charge in [0.2, 0.25) is 0 Å². The van der Waals surface area contributed by atoms with E-state index in [0.717, 1.165) is 54.5 Å². The Morgan fingerprint density at radius 2 is 2.00 bits per heavy atom. The Balaban J connectivity index is 1.26. The molecule has 0 radical (unpaired) electrons. The second kappa shape index (κ2) is 9.31. The van der Waals surface area contributed by atoms with E-state index in [9.17, 15) is 4.79 Å². The maximum absolute atomic E-state index is 12.5. The minimum atomic E-state index is -0.0930. The van der Waals surface area contributed by atoms with Crippen molar-refractivity contribution in [1.82, 2.24) is 19.8 Å². The van der Waals surface area contributed by atoms with Crippen molar-refractivity contribution in [2.24, 2.45) is 5.92 Å². The zero-order valence-corrected chi connectivity index (χ0v) is 18.4. The molecule has 2 aromatic rings. The van der Waals surface area contributed by atoms with Crippen molar-refractivity contribution < 1.29 is 9.53 Å². The van der Waals surface area contributed by atoms with E-state index in [1.54, 1.807) is 11.1 Å². The molecular formula is C23H29ClN4O2. The zero-order valence-electron chi connectivity index (χ0n) is 17.7. The van der Waals surface area contributed by atoms with Gasteiger partial charge in [0.1, 0.15) is 11.4 Å². The summed E-state index contributed by atoms with van der Waals surface area (Å²) in [6, 6.07) is 6.07. The molecule has 1 aromatic heterocycles.